The van der Waals surface area contributed by atoms with Crippen molar-refractivity contribution in [2.24, 2.45) is 0 Å². The van der Waals surface area contributed by atoms with Gasteiger partial charge in [-0.2, -0.15) is 5.10 Å². The van der Waals surface area contributed by atoms with Gasteiger partial charge in [0.15, 0.2) is 11.3 Å². The Hall–Kier alpha value is -2.76. The first-order valence-electron chi connectivity index (χ1n) is 5.92. The van der Waals surface area contributed by atoms with E-state index in [0.717, 1.165) is 22.4 Å². The van der Waals surface area contributed by atoms with E-state index in [-0.39, 0.29) is 0 Å². The van der Waals surface area contributed by atoms with Crippen molar-refractivity contribution in [3.05, 3.63) is 48.7 Å². The number of aryl methyl sites for hydroxylation is 1. The summed E-state index contributed by atoms with van der Waals surface area (Å²) in [6.07, 6.45) is 5.10. The van der Waals surface area contributed by atoms with Gasteiger partial charge in [-0.3, -0.25) is 4.40 Å². The molecule has 0 radical (unpaired) electrons. The molecule has 0 saturated carbocycles. The van der Waals surface area contributed by atoms with Gasteiger partial charge in [-0.15, -0.1) is 10.2 Å². The molecule has 0 bridgehead atoms. The van der Waals surface area contributed by atoms with Crippen LogP contribution in [-0.4, -0.2) is 29.4 Å². The van der Waals surface area contributed by atoms with Crippen molar-refractivity contribution in [3.63, 3.8) is 0 Å². The minimum atomic E-state index is 0.767. The van der Waals surface area contributed by atoms with Crippen molar-refractivity contribution in [1.29, 1.82) is 0 Å². The van der Waals surface area contributed by atoms with E-state index in [1.54, 1.807) is 23.3 Å². The molecular formula is C13H10N6. The molecule has 0 N–H and O–H groups in total. The van der Waals surface area contributed by atoms with Gasteiger partial charge < -0.3 is 0 Å². The van der Waals surface area contributed by atoms with Crippen LogP contribution in [0.1, 0.15) is 5.56 Å². The Bertz CT molecular complexity index is 871. The van der Waals surface area contributed by atoms with Crippen molar-refractivity contribution in [2.75, 3.05) is 0 Å². The van der Waals surface area contributed by atoms with Crippen LogP contribution < -0.4 is 0 Å². The fourth-order valence-corrected chi connectivity index (χ4v) is 2.14. The highest BCUT2D eigenvalue weighted by molar-refractivity contribution is 5.89. The predicted molar refractivity (Wildman–Crippen MR) is 70.1 cm³/mol. The van der Waals surface area contributed by atoms with Crippen molar-refractivity contribution in [1.82, 2.24) is 29.4 Å². The normalized spacial score (nSPS) is 11.4. The van der Waals surface area contributed by atoms with Gasteiger partial charge in [0.25, 0.3) is 0 Å². The smallest absolute Gasteiger partial charge is 0.174 e. The van der Waals surface area contributed by atoms with Crippen LogP contribution in [0, 0.1) is 6.92 Å². The first kappa shape index (κ1) is 10.2. The molecule has 1 aromatic carbocycles. The maximum absolute atomic E-state index is 4.42. The maximum atomic E-state index is 4.42. The highest BCUT2D eigenvalue weighted by Gasteiger charge is 2.10. The molecule has 0 spiro atoms. The Labute approximate surface area is 108 Å². The number of rotatable bonds is 1. The summed E-state index contributed by atoms with van der Waals surface area (Å²) in [7, 11) is 0. The van der Waals surface area contributed by atoms with Gasteiger partial charge in [-0.25, -0.2) is 9.67 Å². The van der Waals surface area contributed by atoms with E-state index in [1.807, 2.05) is 16.8 Å². The van der Waals surface area contributed by atoms with E-state index in [1.165, 1.54) is 5.56 Å². The van der Waals surface area contributed by atoms with Gasteiger partial charge in [0.1, 0.15) is 12.7 Å². The molecule has 0 fully saturated rings. The highest BCUT2D eigenvalue weighted by atomic mass is 15.3. The molecule has 0 amide bonds. The fraction of sp³-hybridized carbons (Fsp3) is 0.0769. The number of aromatic nitrogens is 6. The first-order chi connectivity index (χ1) is 9.33. The largest absolute Gasteiger partial charge is 0.271 e. The molecule has 0 unspecified atom stereocenters. The molecular weight excluding hydrogens is 240 g/mol. The summed E-state index contributed by atoms with van der Waals surface area (Å²) in [6.45, 7) is 2.06. The summed E-state index contributed by atoms with van der Waals surface area (Å²) in [5.74, 6) is 0. The molecule has 3 heterocycles. The number of hydrogen-bond acceptors (Lipinski definition) is 4. The highest BCUT2D eigenvalue weighted by Crippen LogP contribution is 2.19. The molecule has 3 aromatic heterocycles. The molecule has 6 heteroatoms. The molecule has 4 rings (SSSR count). The van der Waals surface area contributed by atoms with Crippen LogP contribution in [0.5, 0.6) is 0 Å². The molecule has 0 aliphatic carbocycles. The molecule has 0 atom stereocenters. The van der Waals surface area contributed by atoms with E-state index in [4.69, 9.17) is 0 Å². The van der Waals surface area contributed by atoms with E-state index in [0.29, 0.717) is 0 Å². The Kier molecular flexibility index (Phi) is 1.94. The lowest BCUT2D eigenvalue weighted by atomic mass is 10.2. The second kappa shape index (κ2) is 3.61. The second-order valence-corrected chi connectivity index (χ2v) is 4.44. The zero-order valence-corrected chi connectivity index (χ0v) is 10.2. The van der Waals surface area contributed by atoms with Crippen LogP contribution in [0.15, 0.2) is 43.1 Å². The van der Waals surface area contributed by atoms with Gasteiger partial charge in [-0.1, -0.05) is 17.7 Å². The van der Waals surface area contributed by atoms with Crippen LogP contribution in [0.2, 0.25) is 0 Å². The summed E-state index contributed by atoms with van der Waals surface area (Å²) >= 11 is 0. The lowest BCUT2D eigenvalue weighted by Gasteiger charge is -2.03. The zero-order valence-electron chi connectivity index (χ0n) is 10.2. The Morgan fingerprint density at radius 1 is 1.00 bits per heavy atom. The molecule has 4 aromatic rings. The maximum Gasteiger partial charge on any atom is 0.174 e. The Morgan fingerprint density at radius 3 is 2.68 bits per heavy atom. The van der Waals surface area contributed by atoms with Crippen molar-refractivity contribution >= 4 is 16.7 Å². The minimum Gasteiger partial charge on any atom is -0.271 e. The first-order valence-corrected chi connectivity index (χ1v) is 5.92. The van der Waals surface area contributed by atoms with Crippen LogP contribution in [-0.2, 0) is 0 Å². The van der Waals surface area contributed by atoms with Gasteiger partial charge in [-0.05, 0) is 19.1 Å². The second-order valence-electron chi connectivity index (χ2n) is 4.44. The lowest BCUT2D eigenvalue weighted by Crippen LogP contribution is -1.98. The monoisotopic (exact) mass is 250 g/mol. The SMILES string of the molecule is Cc1ccc(-n2ncc3c2ncn2cnnc32)cc1. The minimum absolute atomic E-state index is 0.767. The van der Waals surface area contributed by atoms with Crippen molar-refractivity contribution in [2.45, 2.75) is 6.92 Å². The van der Waals surface area contributed by atoms with Crippen molar-refractivity contribution < 1.29 is 0 Å². The molecule has 0 saturated heterocycles. The zero-order chi connectivity index (χ0) is 12.8. The summed E-state index contributed by atoms with van der Waals surface area (Å²) < 4.78 is 3.59. The number of fused-ring (bicyclic) bond motifs is 3. The summed E-state index contributed by atoms with van der Waals surface area (Å²) in [6, 6.07) is 8.16. The van der Waals surface area contributed by atoms with Crippen LogP contribution >= 0.6 is 0 Å². The van der Waals surface area contributed by atoms with E-state index in [9.17, 15) is 0 Å². The topological polar surface area (TPSA) is 60.9 Å². The van der Waals surface area contributed by atoms with E-state index < -0.39 is 0 Å². The third kappa shape index (κ3) is 1.43. The van der Waals surface area contributed by atoms with Crippen LogP contribution in [0.4, 0.5) is 0 Å². The summed E-state index contributed by atoms with van der Waals surface area (Å²) in [4.78, 5) is 4.42. The molecule has 19 heavy (non-hydrogen) atoms. The third-order valence-corrected chi connectivity index (χ3v) is 3.14. The van der Waals surface area contributed by atoms with Gasteiger partial charge in [0.05, 0.1) is 17.3 Å². The van der Waals surface area contributed by atoms with E-state index in [2.05, 4.69) is 39.3 Å². The molecule has 0 aliphatic rings. The van der Waals surface area contributed by atoms with Crippen molar-refractivity contribution in [3.8, 4) is 5.69 Å². The van der Waals surface area contributed by atoms with Gasteiger partial charge >= 0.3 is 0 Å². The summed E-state index contributed by atoms with van der Waals surface area (Å²) in [5.41, 5.74) is 3.75. The number of benzene rings is 1. The quantitative estimate of drug-likeness (QED) is 0.516. The van der Waals surface area contributed by atoms with Crippen LogP contribution in [0.3, 0.4) is 0 Å². The van der Waals surface area contributed by atoms with Crippen LogP contribution in [0.25, 0.3) is 22.4 Å². The number of hydrogen-bond donors (Lipinski definition) is 0. The molecule has 0 aliphatic heterocycles. The average Bonchev–Trinajstić information content (AvgIpc) is 3.04. The predicted octanol–water partition coefficient (Wildman–Crippen LogP) is 1.77. The lowest BCUT2D eigenvalue weighted by molar-refractivity contribution is 0.892. The molecule has 6 nitrogen and oxygen atoms in total. The summed E-state index contributed by atoms with van der Waals surface area (Å²) in [5, 5.41) is 13.3. The van der Waals surface area contributed by atoms with E-state index >= 15 is 0 Å². The third-order valence-electron chi connectivity index (χ3n) is 3.14. The standard InChI is InChI=1S/C13H10N6/c1-9-2-4-10(5-3-9)19-12-11(6-16-19)13-17-15-8-18(13)7-14-12/h2-8H,1H3. The number of nitrogens with zero attached hydrogens (tertiary/aromatic N) is 6. The average molecular weight is 250 g/mol. The molecule has 92 valence electrons. The fourth-order valence-electron chi connectivity index (χ4n) is 2.14. The van der Waals surface area contributed by atoms with Gasteiger partial charge in [0, 0.05) is 0 Å². The Morgan fingerprint density at radius 2 is 1.84 bits per heavy atom. The Balaban J connectivity index is 2.02. The van der Waals surface area contributed by atoms with Gasteiger partial charge in [0.2, 0.25) is 0 Å².